The smallest absolute Gasteiger partial charge is 0.433 e. The van der Waals surface area contributed by atoms with Gasteiger partial charge in [-0.05, 0) is 40.5 Å². The van der Waals surface area contributed by atoms with E-state index in [1.54, 1.807) is 17.0 Å². The van der Waals surface area contributed by atoms with Gasteiger partial charge in [0.05, 0.1) is 13.2 Å². The van der Waals surface area contributed by atoms with Gasteiger partial charge in [0.25, 0.3) is 5.91 Å². The van der Waals surface area contributed by atoms with Gasteiger partial charge in [0.2, 0.25) is 5.91 Å². The number of carboxylic acid groups (broad SMARTS) is 1. The summed E-state index contributed by atoms with van der Waals surface area (Å²) in [4.78, 5) is 47.1. The summed E-state index contributed by atoms with van der Waals surface area (Å²) in [5, 5.41) is 31.9. The van der Waals surface area contributed by atoms with E-state index in [0.717, 1.165) is 16.3 Å². The third-order valence-corrected chi connectivity index (χ3v) is 6.93. The van der Waals surface area contributed by atoms with Gasteiger partial charge in [0, 0.05) is 13.0 Å². The minimum Gasteiger partial charge on any atom is -0.508 e. The number of aromatic hydroxyl groups is 1. The number of hydrogen-bond acceptors (Lipinski definition) is 6. The summed E-state index contributed by atoms with van der Waals surface area (Å²) in [6.07, 6.45) is -3.28. The molecule has 2 aliphatic rings. The number of nitrogens with zero attached hydrogens (tertiary/aromatic N) is 3. The minimum absolute atomic E-state index is 0.0631. The summed E-state index contributed by atoms with van der Waals surface area (Å²) in [7, 11) is 0. The second-order valence-electron chi connectivity index (χ2n) is 9.17. The average molecular weight is 506 g/mol. The van der Waals surface area contributed by atoms with E-state index >= 15 is 0 Å². The van der Waals surface area contributed by atoms with E-state index in [1.165, 1.54) is 17.0 Å². The van der Waals surface area contributed by atoms with Crippen LogP contribution in [0.3, 0.4) is 0 Å². The first-order chi connectivity index (χ1) is 17.9. The standard InChI is InChI=1S/C27H27N3O7/c31-16-23-26(34)29-22(14-17-8-10-20(32)11-9-17)25(33)28(15-24(29)30(37-23)27(35)36)13-12-19-6-3-5-18-4-1-2-7-21(18)19/h1-11,22-24,31-32H,12-16H2,(H,35,36). The third-order valence-electron chi connectivity index (χ3n) is 6.93. The molecule has 2 aliphatic heterocycles. The number of hydroxylamine groups is 2. The maximum absolute atomic E-state index is 13.8. The van der Waals surface area contributed by atoms with Gasteiger partial charge in [-0.25, -0.2) is 4.79 Å². The highest BCUT2D eigenvalue weighted by atomic mass is 16.7. The number of carbonyl (C=O) groups excluding carboxylic acids is 2. The quantitative estimate of drug-likeness (QED) is 0.467. The highest BCUT2D eigenvalue weighted by Gasteiger charge is 2.52. The normalized spacial score (nSPS) is 21.9. The Bertz CT molecular complexity index is 1320. The zero-order chi connectivity index (χ0) is 26.1. The molecule has 3 amide bonds. The number of amides is 3. The lowest BCUT2D eigenvalue weighted by Crippen LogP contribution is -2.74. The Kier molecular flexibility index (Phi) is 6.68. The average Bonchev–Trinajstić information content (AvgIpc) is 2.90. The molecule has 0 saturated carbocycles. The van der Waals surface area contributed by atoms with Gasteiger partial charge >= 0.3 is 6.09 Å². The molecule has 0 aromatic heterocycles. The lowest BCUT2D eigenvalue weighted by atomic mass is 9.97. The molecule has 5 rings (SSSR count). The van der Waals surface area contributed by atoms with Crippen molar-refractivity contribution in [2.24, 2.45) is 0 Å². The van der Waals surface area contributed by atoms with Crippen LogP contribution < -0.4 is 0 Å². The summed E-state index contributed by atoms with van der Waals surface area (Å²) in [6.45, 7) is -0.475. The van der Waals surface area contributed by atoms with Crippen LogP contribution in [0.2, 0.25) is 0 Å². The molecule has 0 aliphatic carbocycles. The van der Waals surface area contributed by atoms with Crippen molar-refractivity contribution in [3.8, 4) is 5.75 Å². The lowest BCUT2D eigenvalue weighted by Gasteiger charge is -2.52. The van der Waals surface area contributed by atoms with Crippen molar-refractivity contribution in [2.45, 2.75) is 31.2 Å². The number of rotatable bonds is 6. The van der Waals surface area contributed by atoms with Gasteiger partial charge in [-0.15, -0.1) is 0 Å². The molecule has 3 atom stereocenters. The summed E-state index contributed by atoms with van der Waals surface area (Å²) >= 11 is 0. The molecule has 3 aromatic rings. The molecule has 3 aromatic carbocycles. The van der Waals surface area contributed by atoms with Gasteiger partial charge in [-0.3, -0.25) is 14.4 Å². The Morgan fingerprint density at radius 3 is 2.43 bits per heavy atom. The molecule has 2 fully saturated rings. The van der Waals surface area contributed by atoms with E-state index in [0.29, 0.717) is 23.6 Å². The van der Waals surface area contributed by atoms with Crippen molar-refractivity contribution in [3.63, 3.8) is 0 Å². The lowest BCUT2D eigenvalue weighted by molar-refractivity contribution is -0.269. The Morgan fingerprint density at radius 2 is 1.70 bits per heavy atom. The van der Waals surface area contributed by atoms with Crippen LogP contribution in [0.5, 0.6) is 5.75 Å². The largest absolute Gasteiger partial charge is 0.508 e. The second-order valence-corrected chi connectivity index (χ2v) is 9.17. The van der Waals surface area contributed by atoms with Crippen LogP contribution in [0, 0.1) is 0 Å². The van der Waals surface area contributed by atoms with Gasteiger partial charge in [0.1, 0.15) is 11.8 Å². The fraction of sp³-hybridized carbons (Fsp3) is 0.296. The van der Waals surface area contributed by atoms with Crippen LogP contribution in [0.1, 0.15) is 11.1 Å². The van der Waals surface area contributed by atoms with Crippen molar-refractivity contribution >= 4 is 28.7 Å². The minimum atomic E-state index is -1.43. The number of carbonyl (C=O) groups is 3. The van der Waals surface area contributed by atoms with Crippen LogP contribution in [0.4, 0.5) is 4.79 Å². The molecular formula is C27H27N3O7. The molecule has 3 unspecified atom stereocenters. The zero-order valence-electron chi connectivity index (χ0n) is 19.9. The first-order valence-corrected chi connectivity index (χ1v) is 12.0. The van der Waals surface area contributed by atoms with Crippen molar-refractivity contribution in [1.82, 2.24) is 14.9 Å². The molecule has 3 N–H and O–H groups in total. The Morgan fingerprint density at radius 1 is 0.973 bits per heavy atom. The fourth-order valence-corrected chi connectivity index (χ4v) is 5.11. The van der Waals surface area contributed by atoms with Crippen LogP contribution in [0.25, 0.3) is 10.8 Å². The number of fused-ring (bicyclic) bond motifs is 2. The van der Waals surface area contributed by atoms with Crippen molar-refractivity contribution in [3.05, 3.63) is 77.9 Å². The van der Waals surface area contributed by atoms with Gasteiger partial charge in [-0.1, -0.05) is 54.6 Å². The van der Waals surface area contributed by atoms with Gasteiger partial charge in [-0.2, -0.15) is 5.06 Å². The monoisotopic (exact) mass is 505 g/mol. The van der Waals surface area contributed by atoms with Crippen LogP contribution >= 0.6 is 0 Å². The van der Waals surface area contributed by atoms with Crippen molar-refractivity contribution in [1.29, 1.82) is 0 Å². The number of aliphatic hydroxyl groups is 1. The van der Waals surface area contributed by atoms with E-state index in [4.69, 9.17) is 4.84 Å². The summed E-state index contributed by atoms with van der Waals surface area (Å²) in [5.41, 5.74) is 1.74. The molecule has 10 nitrogen and oxygen atoms in total. The number of benzene rings is 3. The van der Waals surface area contributed by atoms with E-state index in [-0.39, 0.29) is 24.6 Å². The van der Waals surface area contributed by atoms with E-state index in [1.807, 2.05) is 42.5 Å². The van der Waals surface area contributed by atoms with Crippen LogP contribution in [-0.2, 0) is 27.3 Å². The van der Waals surface area contributed by atoms with Gasteiger partial charge in [0.15, 0.2) is 12.3 Å². The van der Waals surface area contributed by atoms with Crippen LogP contribution in [0.15, 0.2) is 66.7 Å². The Hall–Kier alpha value is -4.15. The number of piperazine rings is 1. The van der Waals surface area contributed by atoms with E-state index < -0.39 is 36.9 Å². The molecule has 37 heavy (non-hydrogen) atoms. The SMILES string of the molecule is O=C1C(Cc2ccc(O)cc2)N2C(=O)C(CO)ON(C(=O)O)C2CN1CCc1cccc2ccccc12. The molecule has 192 valence electrons. The van der Waals surface area contributed by atoms with Crippen molar-refractivity contribution in [2.75, 3.05) is 19.7 Å². The van der Waals surface area contributed by atoms with Gasteiger partial charge < -0.3 is 25.1 Å². The molecule has 0 spiro atoms. The molecule has 10 heteroatoms. The number of phenols is 1. The number of phenolic OH excluding ortho intramolecular Hbond substituents is 1. The third kappa shape index (κ3) is 4.68. The maximum atomic E-state index is 13.8. The Labute approximate surface area is 212 Å². The summed E-state index contributed by atoms with van der Waals surface area (Å²) < 4.78 is 0. The molecular weight excluding hydrogens is 478 g/mol. The first kappa shape index (κ1) is 24.5. The number of aliphatic hydroxyl groups excluding tert-OH is 1. The highest BCUT2D eigenvalue weighted by molar-refractivity contribution is 5.92. The van der Waals surface area contributed by atoms with E-state index in [9.17, 15) is 29.7 Å². The summed E-state index contributed by atoms with van der Waals surface area (Å²) in [5.74, 6) is -0.897. The van der Waals surface area contributed by atoms with E-state index in [2.05, 4.69) is 0 Å². The second kappa shape index (κ2) is 10.1. The molecule has 2 saturated heterocycles. The molecule has 2 heterocycles. The predicted molar refractivity (Wildman–Crippen MR) is 132 cm³/mol. The molecule has 0 bridgehead atoms. The summed E-state index contributed by atoms with van der Waals surface area (Å²) in [6, 6.07) is 19.2. The van der Waals surface area contributed by atoms with Crippen molar-refractivity contribution < 1.29 is 34.5 Å². The van der Waals surface area contributed by atoms with Crippen LogP contribution in [-0.4, -0.2) is 86.1 Å². The molecule has 0 radical (unpaired) electrons. The maximum Gasteiger partial charge on any atom is 0.433 e. The predicted octanol–water partition coefficient (Wildman–Crippen LogP) is 1.98. The Balaban J connectivity index is 1.47. The highest BCUT2D eigenvalue weighted by Crippen LogP contribution is 2.30. The fourth-order valence-electron chi connectivity index (χ4n) is 5.11. The number of hydrogen-bond donors (Lipinski definition) is 3. The zero-order valence-corrected chi connectivity index (χ0v) is 19.9. The topological polar surface area (TPSA) is 131 Å². The first-order valence-electron chi connectivity index (χ1n) is 12.0.